The first-order chi connectivity index (χ1) is 12.0. The van der Waals surface area contributed by atoms with E-state index in [1.807, 2.05) is 0 Å². The van der Waals surface area contributed by atoms with Crippen molar-refractivity contribution in [3.05, 3.63) is 70.5 Å². The molecule has 0 aliphatic rings. The Kier molecular flexibility index (Phi) is 6.95. The van der Waals surface area contributed by atoms with Crippen LogP contribution in [0.5, 0.6) is 0 Å². The molecule has 25 heavy (non-hydrogen) atoms. The monoisotopic (exact) mass is 363 g/mol. The molecule has 1 amide bonds. The summed E-state index contributed by atoms with van der Waals surface area (Å²) >= 11 is 6.11. The first-order valence-electron chi connectivity index (χ1n) is 7.86. The Morgan fingerprint density at radius 2 is 1.76 bits per heavy atom. The van der Waals surface area contributed by atoms with E-state index < -0.39 is 5.97 Å². The summed E-state index contributed by atoms with van der Waals surface area (Å²) in [6, 6.07) is 12.9. The van der Waals surface area contributed by atoms with E-state index in [1.54, 1.807) is 41.3 Å². The average Bonchev–Trinajstić information content (AvgIpc) is 2.62. The third-order valence-electron chi connectivity index (χ3n) is 3.79. The minimum atomic E-state index is -0.390. The number of esters is 1. The highest BCUT2D eigenvalue weighted by molar-refractivity contribution is 6.33. The molecule has 0 heterocycles. The number of nitrogens with zero attached hydrogens (tertiary/aromatic N) is 1. The molecule has 0 bridgehead atoms. The number of rotatable bonds is 7. The quantitative estimate of drug-likeness (QED) is 0.704. The van der Waals surface area contributed by atoms with Crippen LogP contribution in [0.2, 0.25) is 5.02 Å². The third kappa shape index (κ3) is 5.57. The van der Waals surface area contributed by atoms with E-state index in [-0.39, 0.29) is 24.7 Å². The number of ether oxygens (including phenoxy) is 1. The van der Waals surface area contributed by atoms with Gasteiger partial charge in [0.2, 0.25) is 0 Å². The van der Waals surface area contributed by atoms with E-state index in [0.29, 0.717) is 23.6 Å². The summed E-state index contributed by atoms with van der Waals surface area (Å²) in [4.78, 5) is 25.8. The molecule has 4 nitrogen and oxygen atoms in total. The van der Waals surface area contributed by atoms with Crippen molar-refractivity contribution in [1.29, 1.82) is 0 Å². The Hall–Kier alpha value is -2.40. The summed E-state index contributed by atoms with van der Waals surface area (Å²) in [5.74, 6) is -0.950. The Morgan fingerprint density at radius 1 is 1.08 bits per heavy atom. The second-order valence-electron chi connectivity index (χ2n) is 5.47. The molecular weight excluding hydrogens is 345 g/mol. The lowest BCUT2D eigenvalue weighted by molar-refractivity contribution is -0.140. The van der Waals surface area contributed by atoms with Crippen molar-refractivity contribution in [3.8, 4) is 0 Å². The van der Waals surface area contributed by atoms with Crippen LogP contribution < -0.4 is 0 Å². The first kappa shape index (κ1) is 18.9. The molecule has 2 aromatic rings. The van der Waals surface area contributed by atoms with Gasteiger partial charge in [0.25, 0.3) is 5.91 Å². The van der Waals surface area contributed by atoms with Gasteiger partial charge in [-0.3, -0.25) is 9.59 Å². The van der Waals surface area contributed by atoms with Crippen LogP contribution in [0.25, 0.3) is 0 Å². The molecule has 0 saturated carbocycles. The highest BCUT2D eigenvalue weighted by Crippen LogP contribution is 2.18. The summed E-state index contributed by atoms with van der Waals surface area (Å²) < 4.78 is 17.6. The smallest absolute Gasteiger partial charge is 0.307 e. The maximum atomic E-state index is 13.0. The van der Waals surface area contributed by atoms with Gasteiger partial charge in [-0.05, 0) is 36.2 Å². The van der Waals surface area contributed by atoms with Crippen molar-refractivity contribution in [2.75, 3.05) is 20.2 Å². The van der Waals surface area contributed by atoms with Crippen LogP contribution >= 0.6 is 11.6 Å². The maximum Gasteiger partial charge on any atom is 0.307 e. The number of benzene rings is 2. The van der Waals surface area contributed by atoms with Gasteiger partial charge in [-0.2, -0.15) is 0 Å². The van der Waals surface area contributed by atoms with Crippen molar-refractivity contribution >= 4 is 23.5 Å². The van der Waals surface area contributed by atoms with Crippen LogP contribution in [-0.4, -0.2) is 37.0 Å². The van der Waals surface area contributed by atoms with Gasteiger partial charge in [0.05, 0.1) is 24.1 Å². The average molecular weight is 364 g/mol. The maximum absolute atomic E-state index is 13.0. The van der Waals surface area contributed by atoms with Crippen molar-refractivity contribution in [1.82, 2.24) is 4.90 Å². The number of methoxy groups -OCH3 is 1. The van der Waals surface area contributed by atoms with E-state index in [2.05, 4.69) is 4.74 Å². The molecule has 0 spiro atoms. The fraction of sp³-hybridized carbons (Fsp3) is 0.263. The summed E-state index contributed by atoms with van der Waals surface area (Å²) in [6.07, 6.45) is 0.633. The minimum Gasteiger partial charge on any atom is -0.469 e. The molecule has 0 unspecified atom stereocenters. The molecule has 0 N–H and O–H groups in total. The van der Waals surface area contributed by atoms with Crippen molar-refractivity contribution in [2.45, 2.75) is 12.8 Å². The fourth-order valence-corrected chi connectivity index (χ4v) is 2.58. The molecule has 0 radical (unpaired) electrons. The number of hydrogen-bond donors (Lipinski definition) is 0. The zero-order valence-electron chi connectivity index (χ0n) is 13.9. The van der Waals surface area contributed by atoms with Gasteiger partial charge in [0, 0.05) is 13.1 Å². The number of amides is 1. The molecule has 6 heteroatoms. The number of hydrogen-bond acceptors (Lipinski definition) is 3. The Labute approximate surface area is 151 Å². The van der Waals surface area contributed by atoms with Gasteiger partial charge in [-0.25, -0.2) is 4.39 Å². The summed E-state index contributed by atoms with van der Waals surface area (Å²) in [7, 11) is 1.31. The van der Waals surface area contributed by atoms with E-state index in [4.69, 9.17) is 11.6 Å². The summed E-state index contributed by atoms with van der Waals surface area (Å²) in [5, 5.41) is 0.359. The predicted octanol–water partition coefficient (Wildman–Crippen LogP) is 3.73. The zero-order chi connectivity index (χ0) is 18.2. The number of carbonyl (C=O) groups excluding carboxylic acids is 2. The van der Waals surface area contributed by atoms with Crippen molar-refractivity contribution < 1.29 is 18.7 Å². The lowest BCUT2D eigenvalue weighted by Crippen LogP contribution is -2.35. The normalized spacial score (nSPS) is 10.4. The van der Waals surface area contributed by atoms with Gasteiger partial charge in [-0.15, -0.1) is 0 Å². The number of halogens is 2. The standard InChI is InChI=1S/C19H19ClFNO3/c1-25-18(23)11-13-22(12-10-14-6-8-15(21)9-7-14)19(24)16-4-2-3-5-17(16)20/h2-9H,10-13H2,1H3. The second kappa shape index (κ2) is 9.18. The van der Waals surface area contributed by atoms with E-state index in [9.17, 15) is 14.0 Å². The van der Waals surface area contributed by atoms with Gasteiger partial charge >= 0.3 is 5.97 Å². The van der Waals surface area contributed by atoms with Crippen molar-refractivity contribution in [3.63, 3.8) is 0 Å². The topological polar surface area (TPSA) is 46.6 Å². The van der Waals surface area contributed by atoms with E-state index in [0.717, 1.165) is 5.56 Å². The minimum absolute atomic E-state index is 0.0934. The SMILES string of the molecule is COC(=O)CCN(CCc1ccc(F)cc1)C(=O)c1ccccc1Cl. The van der Waals surface area contributed by atoms with Crippen LogP contribution in [-0.2, 0) is 16.0 Å². The third-order valence-corrected chi connectivity index (χ3v) is 4.12. The first-order valence-corrected chi connectivity index (χ1v) is 8.24. The molecule has 0 atom stereocenters. The molecule has 0 saturated heterocycles. The van der Waals surface area contributed by atoms with E-state index in [1.165, 1.54) is 19.2 Å². The summed E-state index contributed by atoms with van der Waals surface area (Å²) in [6.45, 7) is 0.602. The molecule has 0 fully saturated rings. The highest BCUT2D eigenvalue weighted by atomic mass is 35.5. The molecule has 0 aromatic heterocycles. The molecule has 0 aliphatic carbocycles. The van der Waals surface area contributed by atoms with Crippen LogP contribution in [0.4, 0.5) is 4.39 Å². The van der Waals surface area contributed by atoms with E-state index >= 15 is 0 Å². The van der Waals surface area contributed by atoms with Crippen LogP contribution in [0.3, 0.4) is 0 Å². The molecule has 2 aromatic carbocycles. The zero-order valence-corrected chi connectivity index (χ0v) is 14.6. The predicted molar refractivity (Wildman–Crippen MR) is 94.1 cm³/mol. The van der Waals surface area contributed by atoms with Gasteiger partial charge < -0.3 is 9.64 Å². The second-order valence-corrected chi connectivity index (χ2v) is 5.88. The van der Waals surface area contributed by atoms with Gasteiger partial charge in [0.1, 0.15) is 5.82 Å². The van der Waals surface area contributed by atoms with Crippen LogP contribution in [0, 0.1) is 5.82 Å². The van der Waals surface area contributed by atoms with Gasteiger partial charge in [-0.1, -0.05) is 35.9 Å². The van der Waals surface area contributed by atoms with Crippen molar-refractivity contribution in [2.24, 2.45) is 0 Å². The number of carbonyl (C=O) groups is 2. The summed E-state index contributed by atoms with van der Waals surface area (Å²) in [5.41, 5.74) is 1.28. The largest absolute Gasteiger partial charge is 0.469 e. The molecule has 2 rings (SSSR count). The van der Waals surface area contributed by atoms with Crippen LogP contribution in [0.15, 0.2) is 48.5 Å². The molecular formula is C19H19ClFNO3. The lowest BCUT2D eigenvalue weighted by atomic mass is 10.1. The molecule has 132 valence electrons. The Balaban J connectivity index is 2.11. The fourth-order valence-electron chi connectivity index (χ4n) is 2.36. The van der Waals surface area contributed by atoms with Crippen LogP contribution in [0.1, 0.15) is 22.3 Å². The lowest BCUT2D eigenvalue weighted by Gasteiger charge is -2.23. The highest BCUT2D eigenvalue weighted by Gasteiger charge is 2.19. The molecule has 0 aliphatic heterocycles. The Morgan fingerprint density at radius 3 is 2.40 bits per heavy atom. The van der Waals surface area contributed by atoms with Gasteiger partial charge in [0.15, 0.2) is 0 Å². The Bertz CT molecular complexity index is 734.